The Morgan fingerprint density at radius 3 is 2.22 bits per heavy atom. The van der Waals surface area contributed by atoms with Crippen LogP contribution in [0.3, 0.4) is 0 Å². The zero-order chi connectivity index (χ0) is 21.4. The molecule has 0 N–H and O–H groups in total. The summed E-state index contributed by atoms with van der Waals surface area (Å²) < 4.78 is 2.32. The van der Waals surface area contributed by atoms with Crippen molar-refractivity contribution >= 4 is 32.6 Å². The van der Waals surface area contributed by atoms with Gasteiger partial charge in [0, 0.05) is 27.8 Å². The van der Waals surface area contributed by atoms with Crippen LogP contribution in [0.2, 0.25) is 0 Å². The second kappa shape index (κ2) is 6.08. The van der Waals surface area contributed by atoms with Crippen molar-refractivity contribution in [3.63, 3.8) is 0 Å². The highest BCUT2D eigenvalue weighted by Crippen LogP contribution is 2.52. The Morgan fingerprint density at radius 2 is 1.34 bits per heavy atom. The summed E-state index contributed by atoms with van der Waals surface area (Å²) in [5.74, 6) is 0.951. The van der Waals surface area contributed by atoms with E-state index >= 15 is 0 Å². The van der Waals surface area contributed by atoms with E-state index in [1.807, 2.05) is 12.3 Å². The van der Waals surface area contributed by atoms with Crippen LogP contribution >= 0.6 is 0 Å². The topological polar surface area (TPSA) is 17.8 Å². The highest BCUT2D eigenvalue weighted by Gasteiger charge is 2.36. The van der Waals surface area contributed by atoms with E-state index in [0.29, 0.717) is 0 Å². The number of rotatable bonds is 1. The molecule has 1 aliphatic rings. The van der Waals surface area contributed by atoms with Gasteiger partial charge in [-0.3, -0.25) is 4.57 Å². The van der Waals surface area contributed by atoms with Crippen LogP contribution in [0, 0.1) is 0 Å². The minimum atomic E-state index is 0.00274. The van der Waals surface area contributed by atoms with Gasteiger partial charge in [-0.2, -0.15) is 0 Å². The maximum Gasteiger partial charge on any atom is 0.137 e. The second-order valence-electron chi connectivity index (χ2n) is 9.26. The van der Waals surface area contributed by atoms with E-state index in [0.717, 1.165) is 5.82 Å². The van der Waals surface area contributed by atoms with Crippen molar-refractivity contribution in [1.82, 2.24) is 9.55 Å². The summed E-state index contributed by atoms with van der Waals surface area (Å²) in [5, 5.41) is 5.11. The molecule has 0 fully saturated rings. The first-order valence-electron chi connectivity index (χ1n) is 11.2. The summed E-state index contributed by atoms with van der Waals surface area (Å²) in [5.41, 5.74) is 7.98. The van der Waals surface area contributed by atoms with Crippen LogP contribution in [0.4, 0.5) is 0 Å². The molecule has 0 unspecified atom stereocenters. The van der Waals surface area contributed by atoms with Gasteiger partial charge < -0.3 is 0 Å². The van der Waals surface area contributed by atoms with E-state index in [9.17, 15) is 0 Å². The Bertz CT molecular complexity index is 1690. The Balaban J connectivity index is 1.70. The van der Waals surface area contributed by atoms with Crippen LogP contribution < -0.4 is 0 Å². The number of fused-ring (bicyclic) bond motifs is 9. The summed E-state index contributed by atoms with van der Waals surface area (Å²) in [6, 6.07) is 32.9. The normalized spacial score (nSPS) is 14.2. The molecule has 0 atom stereocenters. The average molecular weight is 411 g/mol. The number of pyridine rings is 1. The van der Waals surface area contributed by atoms with Crippen molar-refractivity contribution in [2.45, 2.75) is 19.3 Å². The molecule has 7 rings (SSSR count). The minimum Gasteiger partial charge on any atom is -0.293 e. The summed E-state index contributed by atoms with van der Waals surface area (Å²) in [6.45, 7) is 4.68. The van der Waals surface area contributed by atoms with Crippen LogP contribution in [0.25, 0.3) is 49.5 Å². The van der Waals surface area contributed by atoms with Gasteiger partial charge in [0.05, 0.1) is 11.0 Å². The van der Waals surface area contributed by atoms with E-state index in [1.54, 1.807) is 0 Å². The first-order valence-corrected chi connectivity index (χ1v) is 11.2. The maximum atomic E-state index is 4.72. The van der Waals surface area contributed by atoms with Gasteiger partial charge in [-0.15, -0.1) is 0 Å². The van der Waals surface area contributed by atoms with Gasteiger partial charge in [0.2, 0.25) is 0 Å². The van der Waals surface area contributed by atoms with Crippen molar-refractivity contribution in [3.05, 3.63) is 108 Å². The third kappa shape index (κ3) is 2.12. The monoisotopic (exact) mass is 410 g/mol. The van der Waals surface area contributed by atoms with E-state index in [2.05, 4.69) is 103 Å². The van der Waals surface area contributed by atoms with Crippen LogP contribution in [0.1, 0.15) is 25.0 Å². The predicted octanol–water partition coefficient (Wildman–Crippen LogP) is 7.64. The summed E-state index contributed by atoms with van der Waals surface area (Å²) in [6.07, 6.45) is 1.87. The zero-order valence-electron chi connectivity index (χ0n) is 18.1. The summed E-state index contributed by atoms with van der Waals surface area (Å²) >= 11 is 0. The maximum absolute atomic E-state index is 4.72. The molecule has 1 aliphatic carbocycles. The van der Waals surface area contributed by atoms with Crippen molar-refractivity contribution in [2.75, 3.05) is 0 Å². The molecule has 2 heteroatoms. The molecule has 32 heavy (non-hydrogen) atoms. The van der Waals surface area contributed by atoms with Crippen molar-refractivity contribution < 1.29 is 0 Å². The molecule has 4 aromatic carbocycles. The number of nitrogens with zero attached hydrogens (tertiary/aromatic N) is 2. The van der Waals surface area contributed by atoms with E-state index in [4.69, 9.17) is 4.98 Å². The Labute approximate surface area is 186 Å². The molecule has 6 aromatic rings. The molecule has 0 spiro atoms. The number of hydrogen-bond acceptors (Lipinski definition) is 1. The summed E-state index contributed by atoms with van der Waals surface area (Å²) in [7, 11) is 0. The standard InChI is InChI=1S/C30H22N2/c1-30(2)24-11-5-3-10-23(24)28-20-14-15-21-19-9-4-6-12-26(19)32(27-13-7-8-18-31-27)29(21)22(20)16-17-25(28)30/h3-18H,1-2H3. The molecular weight excluding hydrogens is 388 g/mol. The second-order valence-corrected chi connectivity index (χ2v) is 9.26. The quantitative estimate of drug-likeness (QED) is 0.272. The van der Waals surface area contributed by atoms with E-state index in [-0.39, 0.29) is 5.41 Å². The SMILES string of the molecule is CC1(C)c2ccccc2-c2c1ccc1c2ccc2c3ccccc3n(-c3ccccn3)c12. The van der Waals surface area contributed by atoms with Gasteiger partial charge in [0.1, 0.15) is 5.82 Å². The fourth-order valence-electron chi connectivity index (χ4n) is 5.79. The van der Waals surface area contributed by atoms with Crippen molar-refractivity contribution in [1.29, 1.82) is 0 Å². The average Bonchev–Trinajstić information content (AvgIpc) is 3.30. The van der Waals surface area contributed by atoms with Gasteiger partial charge >= 0.3 is 0 Å². The highest BCUT2D eigenvalue weighted by molar-refractivity contribution is 6.21. The Hall–Kier alpha value is -3.91. The third-order valence-electron chi connectivity index (χ3n) is 7.25. The van der Waals surface area contributed by atoms with E-state index in [1.165, 1.54) is 54.8 Å². The third-order valence-corrected chi connectivity index (χ3v) is 7.25. The smallest absolute Gasteiger partial charge is 0.137 e. The van der Waals surface area contributed by atoms with Gasteiger partial charge in [0.15, 0.2) is 0 Å². The Morgan fingerprint density at radius 1 is 0.625 bits per heavy atom. The molecule has 2 aromatic heterocycles. The van der Waals surface area contributed by atoms with Gasteiger partial charge in [-0.1, -0.05) is 86.6 Å². The molecule has 152 valence electrons. The molecule has 0 bridgehead atoms. The van der Waals surface area contributed by atoms with Crippen LogP contribution in [0.5, 0.6) is 0 Å². The zero-order valence-corrected chi connectivity index (χ0v) is 18.1. The molecule has 0 saturated carbocycles. The van der Waals surface area contributed by atoms with Gasteiger partial charge in [-0.05, 0) is 45.8 Å². The molecule has 0 saturated heterocycles. The number of benzene rings is 4. The van der Waals surface area contributed by atoms with Crippen LogP contribution in [-0.2, 0) is 5.41 Å². The van der Waals surface area contributed by atoms with Gasteiger partial charge in [0.25, 0.3) is 0 Å². The molecule has 2 nitrogen and oxygen atoms in total. The fourth-order valence-corrected chi connectivity index (χ4v) is 5.79. The molecular formula is C30H22N2. The lowest BCUT2D eigenvalue weighted by Crippen LogP contribution is -2.14. The van der Waals surface area contributed by atoms with Crippen LogP contribution in [-0.4, -0.2) is 9.55 Å². The van der Waals surface area contributed by atoms with Crippen molar-refractivity contribution in [3.8, 4) is 16.9 Å². The van der Waals surface area contributed by atoms with E-state index < -0.39 is 0 Å². The van der Waals surface area contributed by atoms with Gasteiger partial charge in [-0.25, -0.2) is 4.98 Å². The fraction of sp³-hybridized carbons (Fsp3) is 0.100. The Kier molecular flexibility index (Phi) is 3.37. The predicted molar refractivity (Wildman–Crippen MR) is 134 cm³/mol. The molecule has 0 amide bonds. The number of hydrogen-bond donors (Lipinski definition) is 0. The lowest BCUT2D eigenvalue weighted by Gasteiger charge is -2.21. The number of aromatic nitrogens is 2. The largest absolute Gasteiger partial charge is 0.293 e. The lowest BCUT2D eigenvalue weighted by atomic mass is 9.82. The molecule has 0 radical (unpaired) electrons. The number of para-hydroxylation sites is 1. The summed E-state index contributed by atoms with van der Waals surface area (Å²) in [4.78, 5) is 4.72. The minimum absolute atomic E-state index is 0.00274. The molecule has 2 heterocycles. The first-order chi connectivity index (χ1) is 15.7. The lowest BCUT2D eigenvalue weighted by molar-refractivity contribution is 0.661. The first kappa shape index (κ1) is 17.7. The highest BCUT2D eigenvalue weighted by atomic mass is 15.1. The van der Waals surface area contributed by atoms with Crippen LogP contribution in [0.15, 0.2) is 97.2 Å². The molecule has 0 aliphatic heterocycles. The van der Waals surface area contributed by atoms with Crippen molar-refractivity contribution in [2.24, 2.45) is 0 Å².